The largest absolute Gasteiger partial charge is 0.392 e. The van der Waals surface area contributed by atoms with Gasteiger partial charge in [-0.1, -0.05) is 53.6 Å². The standard InChI is InChI=1S/C39H60N4O7/c1-11-33-39(10,47)32-18-13-29(42-50-31-16-14-30(15-17-31)43-20-12-19-40-43)22-48-38(9,21-24(4)35(25(32)5)41-28(8)44)34(23(2)3)26(6)36(45)27(7)37(46)49-33/h12,14-17,19-20,23-27,32-34,36-37,45-47H,11,13,18,21-22H2,1-10H3/b41-35?,42-29+/t24-,25?,26-,27?,32?,33?,34?,36+,37?,38-,39+/m1/s1. The van der Waals surface area contributed by atoms with Gasteiger partial charge < -0.3 is 29.6 Å². The van der Waals surface area contributed by atoms with Crippen molar-refractivity contribution in [2.45, 2.75) is 125 Å². The number of aromatic nitrogens is 2. The summed E-state index contributed by atoms with van der Waals surface area (Å²) in [5.41, 5.74) is -0.0296. The van der Waals surface area contributed by atoms with Crippen LogP contribution < -0.4 is 4.84 Å². The summed E-state index contributed by atoms with van der Waals surface area (Å²) >= 11 is 0. The minimum atomic E-state index is -1.46. The number of fused-ring (bicyclic) bond motifs is 5. The second-order valence-electron chi connectivity index (χ2n) is 15.5. The van der Waals surface area contributed by atoms with Gasteiger partial charge >= 0.3 is 0 Å². The molecule has 50 heavy (non-hydrogen) atoms. The highest BCUT2D eigenvalue weighted by molar-refractivity contribution is 5.97. The predicted octanol–water partition coefficient (Wildman–Crippen LogP) is 6.23. The van der Waals surface area contributed by atoms with Crippen molar-refractivity contribution >= 4 is 17.3 Å². The third-order valence-electron chi connectivity index (χ3n) is 11.4. The molecule has 3 N–H and O–H groups in total. The molecule has 1 aromatic carbocycles. The van der Waals surface area contributed by atoms with Gasteiger partial charge in [-0.05, 0) is 99.5 Å². The molecular weight excluding hydrogens is 636 g/mol. The van der Waals surface area contributed by atoms with Gasteiger partial charge in [-0.2, -0.15) is 5.10 Å². The molecular formula is C39H60N4O7. The van der Waals surface area contributed by atoms with Crippen molar-refractivity contribution in [3.8, 4) is 11.4 Å². The Morgan fingerprint density at radius 3 is 2.38 bits per heavy atom. The Morgan fingerprint density at radius 1 is 1.12 bits per heavy atom. The van der Waals surface area contributed by atoms with Gasteiger partial charge in [0.25, 0.3) is 0 Å². The Hall–Kier alpha value is -2.96. The zero-order valence-corrected chi connectivity index (χ0v) is 31.6. The summed E-state index contributed by atoms with van der Waals surface area (Å²) in [6, 6.07) is 9.34. The normalized spacial score (nSPS) is 38.0. The van der Waals surface area contributed by atoms with Crippen LogP contribution in [0.2, 0.25) is 0 Å². The van der Waals surface area contributed by atoms with Gasteiger partial charge in [0.05, 0.1) is 41.4 Å². The molecule has 2 fully saturated rings. The van der Waals surface area contributed by atoms with Crippen molar-refractivity contribution < 1.29 is 34.4 Å². The number of aliphatic imine (C=N–C) groups is 1. The Kier molecular flexibility index (Phi) is 13.2. The van der Waals surface area contributed by atoms with Gasteiger partial charge in [0, 0.05) is 36.9 Å². The second kappa shape index (κ2) is 16.6. The highest BCUT2D eigenvalue weighted by Gasteiger charge is 2.50. The summed E-state index contributed by atoms with van der Waals surface area (Å²) in [7, 11) is 0. The lowest BCUT2D eigenvalue weighted by atomic mass is 9.65. The average Bonchev–Trinajstić information content (AvgIpc) is 3.60. The van der Waals surface area contributed by atoms with Crippen molar-refractivity contribution in [2.75, 3.05) is 6.61 Å². The van der Waals surface area contributed by atoms with E-state index in [1.165, 1.54) is 6.92 Å². The lowest BCUT2D eigenvalue weighted by molar-refractivity contribution is -0.239. The van der Waals surface area contributed by atoms with Gasteiger partial charge in [0.15, 0.2) is 12.0 Å². The molecule has 2 aliphatic heterocycles. The van der Waals surface area contributed by atoms with Crippen LogP contribution in [-0.2, 0) is 14.3 Å². The number of carbonyl (C=O) groups is 1. The van der Waals surface area contributed by atoms with E-state index in [1.54, 1.807) is 24.7 Å². The first-order chi connectivity index (χ1) is 23.5. The summed E-state index contributed by atoms with van der Waals surface area (Å²) in [6.45, 7) is 19.5. The minimum absolute atomic E-state index is 0.0765. The fraction of sp³-hybridized carbons (Fsp3) is 0.692. The van der Waals surface area contributed by atoms with Gasteiger partial charge in [0.2, 0.25) is 5.91 Å². The smallest absolute Gasteiger partial charge is 0.242 e. The summed E-state index contributed by atoms with van der Waals surface area (Å²) in [4.78, 5) is 23.3. The SMILES string of the molecule is CCC1OC(O)C(C)[C@@H](O)[C@H](C)C(C(C)C)[C@@]2(C)C[C@@H](C)C(=NC(C)=O)C(C)C(CC/C(=N\Oc3ccc(-n4cccn4)cc3)CO2)[C@]1(C)O. The van der Waals surface area contributed by atoms with E-state index in [-0.39, 0.29) is 42.1 Å². The second-order valence-corrected chi connectivity index (χ2v) is 15.5. The molecule has 6 unspecified atom stereocenters. The minimum Gasteiger partial charge on any atom is -0.392 e. The average molecular weight is 697 g/mol. The molecule has 278 valence electrons. The van der Waals surface area contributed by atoms with Crippen LogP contribution >= 0.6 is 0 Å². The summed E-state index contributed by atoms with van der Waals surface area (Å²) < 4.78 is 15.0. The molecule has 1 aromatic heterocycles. The highest BCUT2D eigenvalue weighted by Crippen LogP contribution is 2.45. The van der Waals surface area contributed by atoms with Crippen molar-refractivity contribution in [2.24, 2.45) is 51.6 Å². The van der Waals surface area contributed by atoms with E-state index in [0.29, 0.717) is 42.9 Å². The van der Waals surface area contributed by atoms with Crippen LogP contribution in [0, 0.1) is 41.4 Å². The molecule has 0 aliphatic carbocycles. The lowest BCUT2D eigenvalue weighted by Gasteiger charge is -2.48. The molecule has 1 amide bonds. The van der Waals surface area contributed by atoms with Crippen molar-refractivity contribution in [1.82, 2.24) is 9.78 Å². The molecule has 11 heteroatoms. The number of ether oxygens (including phenoxy) is 2. The number of carbonyl (C=O) groups excluding carboxylic acids is 1. The molecule has 2 saturated heterocycles. The van der Waals surface area contributed by atoms with E-state index < -0.39 is 41.5 Å². The summed E-state index contributed by atoms with van der Waals surface area (Å²) in [5, 5.41) is 44.6. The molecule has 0 saturated carbocycles. The van der Waals surface area contributed by atoms with Crippen LogP contribution in [0.1, 0.15) is 94.9 Å². The maximum absolute atomic E-state index is 12.7. The number of amides is 1. The molecule has 11 nitrogen and oxygen atoms in total. The molecule has 2 bridgehead atoms. The van der Waals surface area contributed by atoms with Crippen LogP contribution in [0.3, 0.4) is 0 Å². The zero-order valence-electron chi connectivity index (χ0n) is 31.6. The number of rotatable bonds is 5. The number of aliphatic hydroxyl groups is 3. The molecule has 3 heterocycles. The van der Waals surface area contributed by atoms with Gasteiger partial charge in [-0.3, -0.25) is 4.79 Å². The zero-order chi connectivity index (χ0) is 37.0. The topological polar surface area (TPSA) is 148 Å². The number of aliphatic hydroxyl groups excluding tert-OH is 2. The molecule has 2 aromatic rings. The van der Waals surface area contributed by atoms with Crippen LogP contribution in [0.25, 0.3) is 5.69 Å². The van der Waals surface area contributed by atoms with Crippen molar-refractivity contribution in [3.05, 3.63) is 42.7 Å². The predicted molar refractivity (Wildman–Crippen MR) is 194 cm³/mol. The summed E-state index contributed by atoms with van der Waals surface area (Å²) in [5.74, 6) is -1.79. The fourth-order valence-electron chi connectivity index (χ4n) is 8.92. The van der Waals surface area contributed by atoms with Gasteiger partial charge in [-0.25, -0.2) is 9.67 Å². The highest BCUT2D eigenvalue weighted by atomic mass is 16.6. The van der Waals surface area contributed by atoms with Crippen LogP contribution in [-0.4, -0.2) is 78.7 Å². The third-order valence-corrected chi connectivity index (χ3v) is 11.4. The van der Waals surface area contributed by atoms with Crippen molar-refractivity contribution in [1.29, 1.82) is 0 Å². The van der Waals surface area contributed by atoms with Crippen LogP contribution in [0.5, 0.6) is 5.75 Å². The number of hydrogen-bond acceptors (Lipinski definition) is 9. The molecule has 2 aliphatic rings. The number of nitrogens with zero attached hydrogens (tertiary/aromatic N) is 4. The maximum atomic E-state index is 12.7. The summed E-state index contributed by atoms with van der Waals surface area (Å²) in [6.07, 6.45) is 2.36. The van der Waals surface area contributed by atoms with Gasteiger partial charge in [-0.15, -0.1) is 0 Å². The molecule has 0 spiro atoms. The molecule has 4 rings (SSSR count). The van der Waals surface area contributed by atoms with Crippen LogP contribution in [0.4, 0.5) is 0 Å². The first-order valence-electron chi connectivity index (χ1n) is 18.3. The number of oxime groups is 1. The van der Waals surface area contributed by atoms with E-state index >= 15 is 0 Å². The van der Waals surface area contributed by atoms with E-state index in [9.17, 15) is 20.1 Å². The first kappa shape index (κ1) is 39.8. The van der Waals surface area contributed by atoms with E-state index in [2.05, 4.69) is 42.9 Å². The molecule has 11 atom stereocenters. The van der Waals surface area contributed by atoms with Crippen LogP contribution in [0.15, 0.2) is 52.9 Å². The monoisotopic (exact) mass is 696 g/mol. The molecule has 0 radical (unpaired) electrons. The lowest BCUT2D eigenvalue weighted by Crippen LogP contribution is -2.55. The number of hydrogen-bond donors (Lipinski definition) is 3. The first-order valence-corrected chi connectivity index (χ1v) is 18.3. The van der Waals surface area contributed by atoms with Crippen molar-refractivity contribution in [3.63, 3.8) is 0 Å². The number of benzene rings is 1. The quantitative estimate of drug-likeness (QED) is 0.312. The fourth-order valence-corrected chi connectivity index (χ4v) is 8.92. The van der Waals surface area contributed by atoms with E-state index in [1.807, 2.05) is 57.3 Å². The Morgan fingerprint density at radius 2 is 1.80 bits per heavy atom. The maximum Gasteiger partial charge on any atom is 0.242 e. The van der Waals surface area contributed by atoms with Gasteiger partial charge in [0.1, 0.15) is 0 Å². The Labute approximate surface area is 298 Å². The van der Waals surface area contributed by atoms with E-state index in [4.69, 9.17) is 14.3 Å². The Balaban J connectivity index is 1.87. The third kappa shape index (κ3) is 8.91. The Bertz CT molecular complexity index is 1460. The van der Waals surface area contributed by atoms with E-state index in [0.717, 1.165) is 5.69 Å².